The van der Waals surface area contributed by atoms with Crippen LogP contribution in [0.5, 0.6) is 0 Å². The molecule has 2 aliphatic rings. The van der Waals surface area contributed by atoms with E-state index >= 15 is 0 Å². The van der Waals surface area contributed by atoms with Crippen molar-refractivity contribution < 1.29 is 9.90 Å². The van der Waals surface area contributed by atoms with Gasteiger partial charge in [0.1, 0.15) is 11.4 Å². The van der Waals surface area contributed by atoms with Crippen LogP contribution >= 0.6 is 0 Å². The fourth-order valence-electron chi connectivity index (χ4n) is 3.52. The van der Waals surface area contributed by atoms with Crippen molar-refractivity contribution in [1.29, 1.82) is 0 Å². The fourth-order valence-corrected chi connectivity index (χ4v) is 3.52. The summed E-state index contributed by atoms with van der Waals surface area (Å²) in [6.45, 7) is 5.67. The molecule has 0 radical (unpaired) electrons. The summed E-state index contributed by atoms with van der Waals surface area (Å²) in [4.78, 5) is 20.5. The molecule has 0 aromatic carbocycles. The maximum atomic E-state index is 11.4. The highest BCUT2D eigenvalue weighted by molar-refractivity contribution is 5.93. The van der Waals surface area contributed by atoms with E-state index in [-0.39, 0.29) is 0 Å². The molecule has 0 unspecified atom stereocenters. The van der Waals surface area contributed by atoms with Gasteiger partial charge in [-0.15, -0.1) is 0 Å². The summed E-state index contributed by atoms with van der Waals surface area (Å²) in [5.74, 6) is -0.260. The molecule has 3 rings (SSSR count). The van der Waals surface area contributed by atoms with Gasteiger partial charge in [-0.2, -0.15) is 0 Å². The van der Waals surface area contributed by atoms with Crippen molar-refractivity contribution in [2.75, 3.05) is 31.1 Å². The summed E-state index contributed by atoms with van der Waals surface area (Å²) in [7, 11) is 0. The molecule has 1 aliphatic heterocycles. The number of carboxylic acids is 1. The standard InChI is InChI=1S/C16H23N3O2/c1-12-6-7-14(16(20)21)15(17-12)19-10-8-18(9-11-19)13-4-2-3-5-13/h6-7,13H,2-5,8-11H2,1H3,(H,20,21). The zero-order valence-electron chi connectivity index (χ0n) is 12.6. The van der Waals surface area contributed by atoms with Gasteiger partial charge in [0.05, 0.1) is 0 Å². The molecule has 1 saturated carbocycles. The molecule has 1 aromatic heterocycles. The van der Waals surface area contributed by atoms with E-state index in [1.165, 1.54) is 25.7 Å². The van der Waals surface area contributed by atoms with Gasteiger partial charge in [-0.3, -0.25) is 4.90 Å². The van der Waals surface area contributed by atoms with Gasteiger partial charge in [0.25, 0.3) is 0 Å². The Kier molecular flexibility index (Phi) is 4.10. The molecule has 0 spiro atoms. The third-order valence-electron chi connectivity index (χ3n) is 4.70. The Hall–Kier alpha value is -1.62. The zero-order valence-corrected chi connectivity index (χ0v) is 12.6. The number of rotatable bonds is 3. The summed E-state index contributed by atoms with van der Waals surface area (Å²) < 4.78 is 0. The Morgan fingerprint density at radius 3 is 2.48 bits per heavy atom. The van der Waals surface area contributed by atoms with Crippen molar-refractivity contribution in [3.05, 3.63) is 23.4 Å². The molecule has 1 saturated heterocycles. The smallest absolute Gasteiger partial charge is 0.339 e. The molecule has 21 heavy (non-hydrogen) atoms. The van der Waals surface area contributed by atoms with Crippen molar-refractivity contribution in [3.8, 4) is 0 Å². The van der Waals surface area contributed by atoms with Crippen LogP contribution in [0.1, 0.15) is 41.7 Å². The zero-order chi connectivity index (χ0) is 14.8. The first-order valence-electron chi connectivity index (χ1n) is 7.85. The van der Waals surface area contributed by atoms with E-state index in [0.717, 1.165) is 37.9 Å². The van der Waals surface area contributed by atoms with Gasteiger partial charge in [0.2, 0.25) is 0 Å². The van der Waals surface area contributed by atoms with Gasteiger partial charge >= 0.3 is 5.97 Å². The van der Waals surface area contributed by atoms with Gasteiger partial charge in [0, 0.05) is 37.9 Å². The lowest BCUT2D eigenvalue weighted by atomic mass is 10.1. The summed E-state index contributed by atoms with van der Waals surface area (Å²) in [5, 5.41) is 9.33. The van der Waals surface area contributed by atoms with E-state index in [4.69, 9.17) is 0 Å². The molecular weight excluding hydrogens is 266 g/mol. The number of hydrogen-bond acceptors (Lipinski definition) is 4. The van der Waals surface area contributed by atoms with Crippen LogP contribution in [0.4, 0.5) is 5.82 Å². The molecule has 2 fully saturated rings. The Bertz CT molecular complexity index is 518. The maximum Gasteiger partial charge on any atom is 0.339 e. The number of piperazine rings is 1. The fraction of sp³-hybridized carbons (Fsp3) is 0.625. The molecule has 5 nitrogen and oxygen atoms in total. The van der Waals surface area contributed by atoms with E-state index in [0.29, 0.717) is 11.4 Å². The minimum atomic E-state index is -0.893. The quantitative estimate of drug-likeness (QED) is 0.924. The van der Waals surface area contributed by atoms with Gasteiger partial charge in [-0.25, -0.2) is 9.78 Å². The predicted molar refractivity (Wildman–Crippen MR) is 82.0 cm³/mol. The molecule has 5 heteroatoms. The van der Waals surface area contributed by atoms with Crippen molar-refractivity contribution >= 4 is 11.8 Å². The summed E-state index contributed by atoms with van der Waals surface area (Å²) in [5.41, 5.74) is 1.18. The number of aromatic carboxylic acids is 1. The second-order valence-electron chi connectivity index (χ2n) is 6.09. The number of pyridine rings is 1. The van der Waals surface area contributed by atoms with Crippen LogP contribution in [0.2, 0.25) is 0 Å². The van der Waals surface area contributed by atoms with Crippen LogP contribution in [0.3, 0.4) is 0 Å². The maximum absolute atomic E-state index is 11.4. The van der Waals surface area contributed by atoms with E-state index in [1.54, 1.807) is 12.1 Å². The Labute approximate surface area is 125 Å². The Morgan fingerprint density at radius 2 is 1.86 bits per heavy atom. The highest BCUT2D eigenvalue weighted by Crippen LogP contribution is 2.26. The number of nitrogens with zero attached hydrogens (tertiary/aromatic N) is 3. The first-order chi connectivity index (χ1) is 10.1. The van der Waals surface area contributed by atoms with Gasteiger partial charge in [-0.1, -0.05) is 12.8 Å². The second kappa shape index (κ2) is 6.02. The van der Waals surface area contributed by atoms with Crippen molar-refractivity contribution in [1.82, 2.24) is 9.88 Å². The lowest BCUT2D eigenvalue weighted by molar-refractivity contribution is 0.0697. The molecule has 1 aliphatic carbocycles. The highest BCUT2D eigenvalue weighted by Gasteiger charge is 2.28. The average Bonchev–Trinajstić information content (AvgIpc) is 3.01. The number of aromatic nitrogens is 1. The third kappa shape index (κ3) is 3.02. The molecule has 0 amide bonds. The third-order valence-corrected chi connectivity index (χ3v) is 4.70. The minimum absolute atomic E-state index is 0.315. The molecule has 1 aromatic rings. The van der Waals surface area contributed by atoms with E-state index in [1.807, 2.05) is 6.92 Å². The number of carbonyl (C=O) groups is 1. The molecule has 1 N–H and O–H groups in total. The van der Waals surface area contributed by atoms with Gasteiger partial charge in [0.15, 0.2) is 0 Å². The molecule has 114 valence electrons. The highest BCUT2D eigenvalue weighted by atomic mass is 16.4. The van der Waals surface area contributed by atoms with Crippen LogP contribution < -0.4 is 4.90 Å². The lowest BCUT2D eigenvalue weighted by Gasteiger charge is -2.39. The van der Waals surface area contributed by atoms with Crippen molar-refractivity contribution in [2.24, 2.45) is 0 Å². The number of hydrogen-bond donors (Lipinski definition) is 1. The van der Waals surface area contributed by atoms with E-state index < -0.39 is 5.97 Å². The van der Waals surface area contributed by atoms with Crippen LogP contribution in [0.25, 0.3) is 0 Å². The van der Waals surface area contributed by atoms with E-state index in [9.17, 15) is 9.90 Å². The van der Waals surface area contributed by atoms with Crippen LogP contribution in [0.15, 0.2) is 12.1 Å². The Morgan fingerprint density at radius 1 is 1.19 bits per heavy atom. The summed E-state index contributed by atoms with van der Waals surface area (Å²) in [6.07, 6.45) is 5.35. The van der Waals surface area contributed by atoms with E-state index in [2.05, 4.69) is 14.8 Å². The molecule has 0 bridgehead atoms. The predicted octanol–water partition coefficient (Wildman–Crippen LogP) is 2.15. The molecular formula is C16H23N3O2. The van der Waals surface area contributed by atoms with Crippen molar-refractivity contribution in [2.45, 2.75) is 38.6 Å². The monoisotopic (exact) mass is 289 g/mol. The van der Waals surface area contributed by atoms with Crippen LogP contribution in [0, 0.1) is 6.92 Å². The van der Waals surface area contributed by atoms with Gasteiger partial charge in [-0.05, 0) is 31.9 Å². The van der Waals surface area contributed by atoms with Crippen LogP contribution in [-0.4, -0.2) is 53.2 Å². The molecule has 0 atom stereocenters. The van der Waals surface area contributed by atoms with Crippen molar-refractivity contribution in [3.63, 3.8) is 0 Å². The number of carboxylic acid groups (broad SMARTS) is 1. The second-order valence-corrected chi connectivity index (χ2v) is 6.09. The number of aryl methyl sites for hydroxylation is 1. The average molecular weight is 289 g/mol. The molecule has 2 heterocycles. The summed E-state index contributed by atoms with van der Waals surface area (Å²) >= 11 is 0. The topological polar surface area (TPSA) is 56.7 Å². The summed E-state index contributed by atoms with van der Waals surface area (Å²) in [6, 6.07) is 4.18. The normalized spacial score (nSPS) is 20.9. The van der Waals surface area contributed by atoms with Crippen LogP contribution in [-0.2, 0) is 0 Å². The number of anilines is 1. The largest absolute Gasteiger partial charge is 0.478 e. The minimum Gasteiger partial charge on any atom is -0.478 e. The first kappa shape index (κ1) is 14.3. The first-order valence-corrected chi connectivity index (χ1v) is 7.85. The van der Waals surface area contributed by atoms with Gasteiger partial charge < -0.3 is 10.0 Å². The Balaban J connectivity index is 1.71. The SMILES string of the molecule is Cc1ccc(C(=O)O)c(N2CCN(C3CCCC3)CC2)n1. The lowest BCUT2D eigenvalue weighted by Crippen LogP contribution is -2.50.